The molecule has 1 aromatic rings. The number of nitrogens with one attached hydrogen (secondary N) is 1. The van der Waals surface area contributed by atoms with Gasteiger partial charge in [-0.05, 0) is 33.4 Å². The Hall–Kier alpha value is -1.20. The Morgan fingerprint density at radius 2 is 2.14 bits per heavy atom. The van der Waals surface area contributed by atoms with Gasteiger partial charge in [0.15, 0.2) is 0 Å². The highest BCUT2D eigenvalue weighted by atomic mass is 35.5. The fraction of sp³-hybridized carbons (Fsp3) is 0.667. The summed E-state index contributed by atoms with van der Waals surface area (Å²) in [6.45, 7) is 4.59. The molecule has 1 aromatic heterocycles. The van der Waals surface area contributed by atoms with Crippen molar-refractivity contribution in [2.75, 3.05) is 20.6 Å². The van der Waals surface area contributed by atoms with Crippen LogP contribution in [0.4, 0.5) is 0 Å². The van der Waals surface area contributed by atoms with Crippen LogP contribution in [0.15, 0.2) is 6.20 Å². The van der Waals surface area contributed by atoms with Crippen molar-refractivity contribution >= 4 is 17.5 Å². The number of rotatable bonds is 5. The fourth-order valence-electron chi connectivity index (χ4n) is 2.51. The summed E-state index contributed by atoms with van der Waals surface area (Å²) in [5.41, 5.74) is 0.347. The largest absolute Gasteiger partial charge is 0.349 e. The molecule has 6 heteroatoms. The zero-order valence-electron chi connectivity index (χ0n) is 13.1. The van der Waals surface area contributed by atoms with Crippen LogP contribution in [0.3, 0.4) is 0 Å². The maximum Gasteiger partial charge on any atom is 0.271 e. The molecular weight excluding hydrogens is 288 g/mol. The average Bonchev–Trinajstić information content (AvgIpc) is 2.36. The Balaban J connectivity index is 2.08. The molecule has 116 valence electrons. The van der Waals surface area contributed by atoms with Gasteiger partial charge in [-0.3, -0.25) is 4.79 Å². The van der Waals surface area contributed by atoms with Crippen LogP contribution in [-0.2, 0) is 0 Å². The minimum Gasteiger partial charge on any atom is -0.349 e. The van der Waals surface area contributed by atoms with E-state index in [9.17, 15) is 4.79 Å². The zero-order valence-corrected chi connectivity index (χ0v) is 13.9. The van der Waals surface area contributed by atoms with Gasteiger partial charge in [0.2, 0.25) is 0 Å². The molecule has 0 saturated heterocycles. The first-order valence-electron chi connectivity index (χ1n) is 7.34. The molecule has 2 rings (SSSR count). The monoisotopic (exact) mass is 310 g/mol. The minimum absolute atomic E-state index is 0.0794. The molecule has 0 bridgehead atoms. The second-order valence-corrected chi connectivity index (χ2v) is 6.64. The van der Waals surface area contributed by atoms with E-state index in [1.54, 1.807) is 0 Å². The van der Waals surface area contributed by atoms with E-state index in [1.807, 2.05) is 13.8 Å². The lowest BCUT2D eigenvalue weighted by Crippen LogP contribution is -2.57. The topological polar surface area (TPSA) is 58.1 Å². The molecular formula is C15H23ClN4O. The molecule has 0 aliphatic heterocycles. The van der Waals surface area contributed by atoms with Gasteiger partial charge >= 0.3 is 0 Å². The number of halogens is 1. The molecule has 21 heavy (non-hydrogen) atoms. The van der Waals surface area contributed by atoms with Crippen molar-refractivity contribution in [3.8, 4) is 0 Å². The second-order valence-electron chi connectivity index (χ2n) is 6.23. The Bertz CT molecular complexity index is 526. The van der Waals surface area contributed by atoms with E-state index in [0.29, 0.717) is 17.4 Å². The minimum atomic E-state index is -0.225. The summed E-state index contributed by atoms with van der Waals surface area (Å²) in [5.74, 6) is 0.571. The van der Waals surface area contributed by atoms with Gasteiger partial charge in [0.1, 0.15) is 11.5 Å². The molecule has 1 aliphatic rings. The summed E-state index contributed by atoms with van der Waals surface area (Å²) in [7, 11) is 4.11. The lowest BCUT2D eigenvalue weighted by molar-refractivity contribution is 0.0556. The van der Waals surface area contributed by atoms with Crippen molar-refractivity contribution < 1.29 is 4.79 Å². The molecule has 1 N–H and O–H groups in total. The molecule has 1 heterocycles. The molecule has 1 amide bonds. The first-order chi connectivity index (χ1) is 9.85. The van der Waals surface area contributed by atoms with Gasteiger partial charge in [0.05, 0.1) is 11.2 Å². The third-order valence-corrected chi connectivity index (χ3v) is 4.58. The summed E-state index contributed by atoms with van der Waals surface area (Å²) in [4.78, 5) is 23.0. The molecule has 0 radical (unpaired) electrons. The number of aromatic nitrogens is 2. The van der Waals surface area contributed by atoms with Gasteiger partial charge in [0, 0.05) is 18.0 Å². The third-order valence-electron chi connectivity index (χ3n) is 4.31. The highest BCUT2D eigenvalue weighted by Gasteiger charge is 2.39. The highest BCUT2D eigenvalue weighted by molar-refractivity contribution is 6.33. The van der Waals surface area contributed by atoms with E-state index in [-0.39, 0.29) is 23.1 Å². The van der Waals surface area contributed by atoms with Gasteiger partial charge in [0.25, 0.3) is 5.91 Å². The first kappa shape index (κ1) is 16.2. The maximum absolute atomic E-state index is 12.3. The zero-order chi connectivity index (χ0) is 15.6. The van der Waals surface area contributed by atoms with E-state index in [1.165, 1.54) is 12.6 Å². The van der Waals surface area contributed by atoms with E-state index in [0.717, 1.165) is 12.8 Å². The predicted molar refractivity (Wildman–Crippen MR) is 83.7 cm³/mol. The van der Waals surface area contributed by atoms with Crippen LogP contribution in [0.25, 0.3) is 0 Å². The molecule has 0 unspecified atom stereocenters. The molecule has 1 aliphatic carbocycles. The Morgan fingerprint density at radius 1 is 1.48 bits per heavy atom. The lowest BCUT2D eigenvalue weighted by atomic mass is 9.75. The third kappa shape index (κ3) is 3.35. The van der Waals surface area contributed by atoms with Crippen molar-refractivity contribution in [2.24, 2.45) is 0 Å². The van der Waals surface area contributed by atoms with E-state index < -0.39 is 0 Å². The molecule has 0 aromatic carbocycles. The number of likely N-dealkylation sites (N-methyl/N-ethyl adjacent to an activating group) is 1. The van der Waals surface area contributed by atoms with Gasteiger partial charge < -0.3 is 10.2 Å². The van der Waals surface area contributed by atoms with Crippen molar-refractivity contribution in [1.82, 2.24) is 20.2 Å². The quantitative estimate of drug-likeness (QED) is 0.907. The number of hydrogen-bond acceptors (Lipinski definition) is 4. The average molecular weight is 311 g/mol. The second kappa shape index (κ2) is 6.28. The van der Waals surface area contributed by atoms with Gasteiger partial charge in [-0.25, -0.2) is 9.97 Å². The number of nitrogens with zero attached hydrogens (tertiary/aromatic N) is 3. The molecule has 5 nitrogen and oxygen atoms in total. The van der Waals surface area contributed by atoms with Crippen LogP contribution in [0.2, 0.25) is 5.02 Å². The molecule has 0 spiro atoms. The van der Waals surface area contributed by atoms with Crippen LogP contribution in [0.1, 0.15) is 55.3 Å². The number of amides is 1. The van der Waals surface area contributed by atoms with Crippen molar-refractivity contribution in [3.63, 3.8) is 0 Å². The van der Waals surface area contributed by atoms with Crippen molar-refractivity contribution in [3.05, 3.63) is 22.7 Å². The van der Waals surface area contributed by atoms with E-state index in [2.05, 4.69) is 34.3 Å². The normalized spacial score (nSPS) is 16.9. The summed E-state index contributed by atoms with van der Waals surface area (Å²) < 4.78 is 0. The Labute approximate surface area is 131 Å². The maximum atomic E-state index is 12.3. The Morgan fingerprint density at radius 3 is 2.62 bits per heavy atom. The van der Waals surface area contributed by atoms with Crippen LogP contribution < -0.4 is 5.32 Å². The Kier molecular flexibility index (Phi) is 4.84. The smallest absolute Gasteiger partial charge is 0.271 e. The SMILES string of the molecule is CC(C)c1ncc(Cl)c(C(=O)NCC2(N(C)C)CCC2)n1. The van der Waals surface area contributed by atoms with Crippen LogP contribution in [0.5, 0.6) is 0 Å². The molecule has 0 atom stereocenters. The number of hydrogen-bond donors (Lipinski definition) is 1. The predicted octanol–water partition coefficient (Wildman–Crippen LogP) is 2.47. The van der Waals surface area contributed by atoms with Crippen LogP contribution >= 0.6 is 11.6 Å². The van der Waals surface area contributed by atoms with Gasteiger partial charge in [-0.2, -0.15) is 0 Å². The van der Waals surface area contributed by atoms with E-state index in [4.69, 9.17) is 11.6 Å². The highest BCUT2D eigenvalue weighted by Crippen LogP contribution is 2.35. The number of carbonyl (C=O) groups is 1. The number of carbonyl (C=O) groups excluding carboxylic acids is 1. The standard InChI is InChI=1S/C15H23ClN4O/c1-10(2)13-17-8-11(16)12(19-13)14(21)18-9-15(20(3)4)6-5-7-15/h8,10H,5-7,9H2,1-4H3,(H,18,21). The van der Waals surface area contributed by atoms with Crippen LogP contribution in [-0.4, -0.2) is 47.0 Å². The summed E-state index contributed by atoms with van der Waals surface area (Å²) in [6, 6.07) is 0. The van der Waals surface area contributed by atoms with Gasteiger partial charge in [-0.15, -0.1) is 0 Å². The van der Waals surface area contributed by atoms with E-state index >= 15 is 0 Å². The summed E-state index contributed by atoms with van der Waals surface area (Å²) >= 11 is 6.06. The summed E-state index contributed by atoms with van der Waals surface area (Å²) in [5, 5.41) is 3.27. The van der Waals surface area contributed by atoms with Crippen LogP contribution in [0, 0.1) is 0 Å². The molecule has 1 fully saturated rings. The fourth-order valence-corrected chi connectivity index (χ4v) is 2.69. The van der Waals surface area contributed by atoms with Gasteiger partial charge in [-0.1, -0.05) is 25.4 Å². The van der Waals surface area contributed by atoms with Crippen molar-refractivity contribution in [2.45, 2.75) is 44.6 Å². The first-order valence-corrected chi connectivity index (χ1v) is 7.71. The summed E-state index contributed by atoms with van der Waals surface area (Å²) in [6.07, 6.45) is 4.92. The lowest BCUT2D eigenvalue weighted by Gasteiger charge is -2.47. The molecule has 1 saturated carbocycles. The van der Waals surface area contributed by atoms with Crippen molar-refractivity contribution in [1.29, 1.82) is 0 Å².